The van der Waals surface area contributed by atoms with Gasteiger partial charge in [0.05, 0.1) is 0 Å². The monoisotopic (exact) mass is 291 g/mol. The van der Waals surface area contributed by atoms with Gasteiger partial charge in [-0.2, -0.15) is 0 Å². The molecule has 3 fully saturated rings. The van der Waals surface area contributed by atoms with Crippen LogP contribution >= 0.6 is 0 Å². The number of allylic oxidation sites excluding steroid dienone is 1. The van der Waals surface area contributed by atoms with Gasteiger partial charge in [-0.05, 0) is 39.2 Å². The van der Waals surface area contributed by atoms with Crippen LogP contribution in [0.3, 0.4) is 0 Å². The Bertz CT molecular complexity index is 375. The second-order valence-corrected chi connectivity index (χ2v) is 6.92. The first-order chi connectivity index (χ1) is 10.2. The highest BCUT2D eigenvalue weighted by molar-refractivity contribution is 5.76. The first-order valence-corrected chi connectivity index (χ1v) is 8.53. The normalized spacial score (nSPS) is 34.1. The minimum absolute atomic E-state index is 0.304. The molecule has 2 atom stereocenters. The third kappa shape index (κ3) is 3.16. The Morgan fingerprint density at radius 1 is 1.10 bits per heavy atom. The average molecular weight is 291 g/mol. The number of nitrogens with zero attached hydrogens (tertiary/aromatic N) is 3. The van der Waals surface area contributed by atoms with E-state index in [4.69, 9.17) is 0 Å². The molecule has 4 nitrogen and oxygen atoms in total. The first-order valence-electron chi connectivity index (χ1n) is 8.53. The van der Waals surface area contributed by atoms with Crippen molar-refractivity contribution in [3.63, 3.8) is 0 Å². The van der Waals surface area contributed by atoms with Crippen molar-refractivity contribution < 1.29 is 4.79 Å². The Morgan fingerprint density at radius 2 is 1.71 bits per heavy atom. The molecular weight excluding hydrogens is 262 g/mol. The van der Waals surface area contributed by atoms with Gasteiger partial charge in [0.25, 0.3) is 0 Å². The number of hydrogen-bond donors (Lipinski definition) is 0. The molecule has 0 aromatic carbocycles. The first kappa shape index (κ1) is 15.0. The lowest BCUT2D eigenvalue weighted by atomic mass is 9.96. The minimum Gasteiger partial charge on any atom is -0.340 e. The zero-order valence-corrected chi connectivity index (χ0v) is 13.3. The molecule has 0 saturated carbocycles. The van der Waals surface area contributed by atoms with E-state index in [9.17, 15) is 4.79 Å². The number of fused-ring (bicyclic) bond motifs is 2. The van der Waals surface area contributed by atoms with E-state index < -0.39 is 0 Å². The number of carbonyl (C=O) groups is 1. The third-order valence-corrected chi connectivity index (χ3v) is 5.82. The topological polar surface area (TPSA) is 26.8 Å². The third-order valence-electron chi connectivity index (χ3n) is 5.82. The second kappa shape index (κ2) is 6.49. The van der Waals surface area contributed by atoms with Crippen molar-refractivity contribution in [3.8, 4) is 0 Å². The van der Waals surface area contributed by atoms with Crippen LogP contribution in [0.5, 0.6) is 0 Å². The number of piperidine rings is 1. The van der Waals surface area contributed by atoms with Crippen molar-refractivity contribution in [1.82, 2.24) is 14.7 Å². The number of amides is 1. The smallest absolute Gasteiger partial charge is 0.222 e. The molecule has 3 rings (SSSR count). The van der Waals surface area contributed by atoms with Crippen LogP contribution in [0, 0.1) is 0 Å². The van der Waals surface area contributed by atoms with Crippen LogP contribution in [-0.2, 0) is 4.79 Å². The van der Waals surface area contributed by atoms with E-state index in [0.717, 1.165) is 50.7 Å². The number of hydrogen-bond acceptors (Lipinski definition) is 3. The van der Waals surface area contributed by atoms with Gasteiger partial charge in [0.1, 0.15) is 0 Å². The van der Waals surface area contributed by atoms with Crippen molar-refractivity contribution in [3.05, 3.63) is 12.7 Å². The van der Waals surface area contributed by atoms with E-state index in [1.165, 1.54) is 25.7 Å². The summed E-state index contributed by atoms with van der Waals surface area (Å²) in [7, 11) is 2.30. The van der Waals surface area contributed by atoms with Crippen molar-refractivity contribution in [2.75, 3.05) is 33.2 Å². The maximum Gasteiger partial charge on any atom is 0.222 e. The fourth-order valence-electron chi connectivity index (χ4n) is 4.40. The van der Waals surface area contributed by atoms with Crippen LogP contribution in [0.4, 0.5) is 0 Å². The summed E-state index contributed by atoms with van der Waals surface area (Å²) < 4.78 is 0. The predicted octanol–water partition coefficient (Wildman–Crippen LogP) is 1.72. The van der Waals surface area contributed by atoms with Gasteiger partial charge in [-0.25, -0.2) is 0 Å². The van der Waals surface area contributed by atoms with E-state index in [2.05, 4.69) is 23.4 Å². The fourth-order valence-corrected chi connectivity index (χ4v) is 4.40. The summed E-state index contributed by atoms with van der Waals surface area (Å²) in [5.41, 5.74) is 0. The van der Waals surface area contributed by atoms with Crippen LogP contribution in [0.15, 0.2) is 12.7 Å². The molecular formula is C17H29N3O. The predicted molar refractivity (Wildman–Crippen MR) is 85.2 cm³/mol. The summed E-state index contributed by atoms with van der Waals surface area (Å²) >= 11 is 0. The van der Waals surface area contributed by atoms with E-state index in [0.29, 0.717) is 12.3 Å². The molecule has 0 aliphatic carbocycles. The molecule has 0 aromatic heterocycles. The zero-order valence-electron chi connectivity index (χ0n) is 13.3. The Labute approximate surface area is 128 Å². The standard InChI is InChI=1S/C17H29N3O/c1-3-4-5-17(21)20-10-8-19(9-11-20)16-12-14-6-7-15(13-16)18(14)2/h3,14-16H,1,4-13H2,2H3. The second-order valence-electron chi connectivity index (χ2n) is 6.92. The van der Waals surface area contributed by atoms with Gasteiger partial charge in [0.2, 0.25) is 5.91 Å². The quantitative estimate of drug-likeness (QED) is 0.738. The maximum absolute atomic E-state index is 12.1. The molecule has 3 aliphatic heterocycles. The summed E-state index contributed by atoms with van der Waals surface area (Å²) in [6.07, 6.45) is 8.70. The highest BCUT2D eigenvalue weighted by Crippen LogP contribution is 2.36. The lowest BCUT2D eigenvalue weighted by molar-refractivity contribution is -0.133. The van der Waals surface area contributed by atoms with E-state index in [1.54, 1.807) is 0 Å². The maximum atomic E-state index is 12.1. The van der Waals surface area contributed by atoms with Gasteiger partial charge in [-0.1, -0.05) is 6.08 Å². The van der Waals surface area contributed by atoms with Crippen molar-refractivity contribution in [2.45, 2.75) is 56.7 Å². The van der Waals surface area contributed by atoms with E-state index in [-0.39, 0.29) is 0 Å². The average Bonchev–Trinajstić information content (AvgIpc) is 2.74. The molecule has 2 bridgehead atoms. The summed E-state index contributed by atoms with van der Waals surface area (Å²) in [4.78, 5) is 19.3. The van der Waals surface area contributed by atoms with Crippen molar-refractivity contribution >= 4 is 5.91 Å². The van der Waals surface area contributed by atoms with Crippen LogP contribution in [-0.4, -0.2) is 72.0 Å². The van der Waals surface area contributed by atoms with Gasteiger partial charge in [-0.15, -0.1) is 6.58 Å². The zero-order chi connectivity index (χ0) is 14.8. The lowest BCUT2D eigenvalue weighted by Crippen LogP contribution is -2.55. The van der Waals surface area contributed by atoms with Crippen LogP contribution in [0.1, 0.15) is 38.5 Å². The van der Waals surface area contributed by atoms with Gasteiger partial charge in [-0.3, -0.25) is 9.69 Å². The highest BCUT2D eigenvalue weighted by Gasteiger charge is 2.40. The summed E-state index contributed by atoms with van der Waals surface area (Å²) in [5, 5.41) is 0. The molecule has 118 valence electrons. The van der Waals surface area contributed by atoms with E-state index in [1.807, 2.05) is 11.0 Å². The largest absolute Gasteiger partial charge is 0.340 e. The molecule has 0 radical (unpaired) electrons. The van der Waals surface area contributed by atoms with Crippen LogP contribution in [0.2, 0.25) is 0 Å². The van der Waals surface area contributed by atoms with Crippen LogP contribution < -0.4 is 0 Å². The lowest BCUT2D eigenvalue weighted by Gasteiger charge is -2.45. The molecule has 0 N–H and O–H groups in total. The number of rotatable bonds is 4. The van der Waals surface area contributed by atoms with Crippen LogP contribution in [0.25, 0.3) is 0 Å². The molecule has 0 aromatic rings. The molecule has 4 heteroatoms. The molecule has 1 amide bonds. The molecule has 0 spiro atoms. The molecule has 21 heavy (non-hydrogen) atoms. The fraction of sp³-hybridized carbons (Fsp3) is 0.824. The number of carbonyl (C=O) groups excluding carboxylic acids is 1. The van der Waals surface area contributed by atoms with E-state index >= 15 is 0 Å². The molecule has 3 heterocycles. The van der Waals surface area contributed by atoms with Crippen molar-refractivity contribution in [2.24, 2.45) is 0 Å². The summed E-state index contributed by atoms with van der Waals surface area (Å²) in [6, 6.07) is 2.37. The Hall–Kier alpha value is -0.870. The Kier molecular flexibility index (Phi) is 4.65. The molecule has 3 saturated heterocycles. The van der Waals surface area contributed by atoms with Crippen molar-refractivity contribution in [1.29, 1.82) is 0 Å². The summed E-state index contributed by atoms with van der Waals surface area (Å²) in [5.74, 6) is 0.304. The highest BCUT2D eigenvalue weighted by atomic mass is 16.2. The van der Waals surface area contributed by atoms with Gasteiger partial charge in [0, 0.05) is 50.7 Å². The van der Waals surface area contributed by atoms with Gasteiger partial charge < -0.3 is 9.80 Å². The number of piperazine rings is 1. The summed E-state index contributed by atoms with van der Waals surface area (Å²) in [6.45, 7) is 7.65. The SMILES string of the molecule is C=CCCC(=O)N1CCN(C2CC3CCC(C2)N3C)CC1. The van der Waals surface area contributed by atoms with Gasteiger partial charge >= 0.3 is 0 Å². The molecule has 3 aliphatic rings. The Morgan fingerprint density at radius 3 is 2.29 bits per heavy atom. The Balaban J connectivity index is 1.48. The van der Waals surface area contributed by atoms with Gasteiger partial charge in [0.15, 0.2) is 0 Å². The minimum atomic E-state index is 0.304. The molecule has 2 unspecified atom stereocenters.